The first kappa shape index (κ1) is 22.4. The van der Waals surface area contributed by atoms with Crippen molar-refractivity contribution >= 4 is 11.8 Å². The lowest BCUT2D eigenvalue weighted by Gasteiger charge is -2.35. The molecule has 5 nitrogen and oxygen atoms in total. The average Bonchev–Trinajstić information content (AvgIpc) is 2.68. The van der Waals surface area contributed by atoms with Crippen molar-refractivity contribution in [3.05, 3.63) is 35.4 Å². The van der Waals surface area contributed by atoms with E-state index in [4.69, 9.17) is 0 Å². The minimum absolute atomic E-state index is 0.194. The van der Waals surface area contributed by atoms with Crippen LogP contribution in [0.1, 0.15) is 57.1 Å². The maximum absolute atomic E-state index is 12.5. The van der Waals surface area contributed by atoms with Crippen LogP contribution in [0.5, 0.6) is 0 Å². The summed E-state index contributed by atoms with van der Waals surface area (Å²) in [5, 5.41) is 0. The normalized spacial score (nSPS) is 14.9. The van der Waals surface area contributed by atoms with Gasteiger partial charge in [0.15, 0.2) is 0 Å². The van der Waals surface area contributed by atoms with Crippen LogP contribution in [-0.4, -0.2) is 65.8 Å². The van der Waals surface area contributed by atoms with Crippen LogP contribution in [0.15, 0.2) is 24.3 Å². The van der Waals surface area contributed by atoms with Crippen LogP contribution < -0.4 is 0 Å². The van der Waals surface area contributed by atoms with Gasteiger partial charge in [-0.3, -0.25) is 14.5 Å². The minimum atomic E-state index is 0.194. The van der Waals surface area contributed by atoms with E-state index >= 15 is 0 Å². The highest BCUT2D eigenvalue weighted by molar-refractivity contribution is 5.79. The molecule has 0 atom stereocenters. The van der Waals surface area contributed by atoms with Crippen molar-refractivity contribution in [1.29, 1.82) is 0 Å². The SMILES string of the molecule is CCCN(CCC)C(=O)CCCC(=O)N1CCN(Cc2cccc(C)c2)CC1. The predicted molar refractivity (Wildman–Crippen MR) is 114 cm³/mol. The maximum Gasteiger partial charge on any atom is 0.222 e. The Hall–Kier alpha value is -1.88. The highest BCUT2D eigenvalue weighted by Gasteiger charge is 2.21. The first-order valence-corrected chi connectivity index (χ1v) is 10.9. The molecular formula is C23H37N3O2. The summed E-state index contributed by atoms with van der Waals surface area (Å²) in [5.41, 5.74) is 2.62. The summed E-state index contributed by atoms with van der Waals surface area (Å²) in [7, 11) is 0. The number of aryl methyl sites for hydroxylation is 1. The molecular weight excluding hydrogens is 350 g/mol. The summed E-state index contributed by atoms with van der Waals surface area (Å²) in [6, 6.07) is 8.62. The van der Waals surface area contributed by atoms with Gasteiger partial charge in [0.1, 0.15) is 0 Å². The van der Waals surface area contributed by atoms with Crippen molar-refractivity contribution in [2.24, 2.45) is 0 Å². The highest BCUT2D eigenvalue weighted by atomic mass is 16.2. The van der Waals surface area contributed by atoms with Gasteiger partial charge in [0, 0.05) is 58.7 Å². The summed E-state index contributed by atoms with van der Waals surface area (Å²) in [6.45, 7) is 12.3. The van der Waals surface area contributed by atoms with Crippen LogP contribution in [0.2, 0.25) is 0 Å². The molecule has 1 heterocycles. The summed E-state index contributed by atoms with van der Waals surface area (Å²) in [5.74, 6) is 0.389. The fourth-order valence-corrected chi connectivity index (χ4v) is 3.83. The van der Waals surface area contributed by atoms with E-state index in [9.17, 15) is 9.59 Å². The summed E-state index contributed by atoms with van der Waals surface area (Å²) in [6.07, 6.45) is 3.59. The van der Waals surface area contributed by atoms with Gasteiger partial charge in [-0.2, -0.15) is 0 Å². The molecule has 0 bridgehead atoms. The molecule has 28 heavy (non-hydrogen) atoms. The lowest BCUT2D eigenvalue weighted by atomic mass is 10.1. The number of amides is 2. The molecule has 1 aliphatic heterocycles. The van der Waals surface area contributed by atoms with Crippen molar-refractivity contribution in [1.82, 2.24) is 14.7 Å². The van der Waals surface area contributed by atoms with E-state index in [-0.39, 0.29) is 11.8 Å². The fraction of sp³-hybridized carbons (Fsp3) is 0.652. The van der Waals surface area contributed by atoms with Crippen molar-refractivity contribution in [2.45, 2.75) is 59.4 Å². The first-order valence-electron chi connectivity index (χ1n) is 10.9. The lowest BCUT2D eigenvalue weighted by Crippen LogP contribution is -2.48. The highest BCUT2D eigenvalue weighted by Crippen LogP contribution is 2.12. The van der Waals surface area contributed by atoms with Gasteiger partial charge in [-0.15, -0.1) is 0 Å². The topological polar surface area (TPSA) is 43.9 Å². The quantitative estimate of drug-likeness (QED) is 0.618. The Morgan fingerprint density at radius 1 is 1.00 bits per heavy atom. The molecule has 0 aromatic heterocycles. The molecule has 0 spiro atoms. The lowest BCUT2D eigenvalue weighted by molar-refractivity contribution is -0.134. The van der Waals surface area contributed by atoms with Crippen molar-refractivity contribution in [3.63, 3.8) is 0 Å². The Morgan fingerprint density at radius 3 is 2.29 bits per heavy atom. The monoisotopic (exact) mass is 387 g/mol. The average molecular weight is 388 g/mol. The van der Waals surface area contributed by atoms with Crippen molar-refractivity contribution in [2.75, 3.05) is 39.3 Å². The summed E-state index contributed by atoms with van der Waals surface area (Å²) >= 11 is 0. The molecule has 1 saturated heterocycles. The predicted octanol–water partition coefficient (Wildman–Crippen LogP) is 3.46. The second-order valence-electron chi connectivity index (χ2n) is 7.88. The van der Waals surface area contributed by atoms with Crippen LogP contribution >= 0.6 is 0 Å². The molecule has 0 N–H and O–H groups in total. The van der Waals surface area contributed by atoms with Crippen molar-refractivity contribution < 1.29 is 9.59 Å². The number of nitrogens with zero attached hydrogens (tertiary/aromatic N) is 3. The molecule has 1 aromatic rings. The van der Waals surface area contributed by atoms with Gasteiger partial charge in [0.25, 0.3) is 0 Å². The van der Waals surface area contributed by atoms with E-state index in [1.807, 2.05) is 9.80 Å². The Labute approximate surface area is 170 Å². The number of carbonyl (C=O) groups excluding carboxylic acids is 2. The summed E-state index contributed by atoms with van der Waals surface area (Å²) < 4.78 is 0. The van der Waals surface area contributed by atoms with E-state index in [0.717, 1.165) is 58.7 Å². The zero-order valence-electron chi connectivity index (χ0n) is 18.0. The van der Waals surface area contributed by atoms with Crippen LogP contribution in [0.25, 0.3) is 0 Å². The van der Waals surface area contributed by atoms with E-state index in [0.29, 0.717) is 19.3 Å². The first-order chi connectivity index (χ1) is 13.5. The molecule has 5 heteroatoms. The number of hydrogen-bond donors (Lipinski definition) is 0. The Bertz CT molecular complexity index is 618. The molecule has 2 amide bonds. The van der Waals surface area contributed by atoms with E-state index < -0.39 is 0 Å². The Balaban J connectivity index is 1.68. The number of benzene rings is 1. The molecule has 2 rings (SSSR count). The molecule has 1 aromatic carbocycles. The molecule has 0 radical (unpaired) electrons. The van der Waals surface area contributed by atoms with Gasteiger partial charge < -0.3 is 9.80 Å². The van der Waals surface area contributed by atoms with E-state index in [2.05, 4.69) is 49.9 Å². The Kier molecular flexibility index (Phi) is 9.48. The van der Waals surface area contributed by atoms with E-state index in [1.165, 1.54) is 11.1 Å². The second kappa shape index (κ2) is 11.8. The van der Waals surface area contributed by atoms with Crippen LogP contribution in [0.4, 0.5) is 0 Å². The molecule has 0 unspecified atom stereocenters. The van der Waals surface area contributed by atoms with Gasteiger partial charge in [-0.05, 0) is 31.7 Å². The van der Waals surface area contributed by atoms with Gasteiger partial charge >= 0.3 is 0 Å². The summed E-state index contributed by atoms with van der Waals surface area (Å²) in [4.78, 5) is 31.1. The molecule has 0 aliphatic carbocycles. The van der Waals surface area contributed by atoms with Gasteiger partial charge in [-0.1, -0.05) is 43.7 Å². The number of piperazine rings is 1. The van der Waals surface area contributed by atoms with Gasteiger partial charge in [0.05, 0.1) is 0 Å². The third-order valence-corrected chi connectivity index (χ3v) is 5.33. The number of carbonyl (C=O) groups is 2. The second-order valence-corrected chi connectivity index (χ2v) is 7.88. The minimum Gasteiger partial charge on any atom is -0.343 e. The third kappa shape index (κ3) is 7.27. The molecule has 156 valence electrons. The molecule has 1 fully saturated rings. The standard InChI is InChI=1S/C23H37N3O2/c1-4-12-25(13-5-2)22(27)10-7-11-23(28)26-16-14-24(15-17-26)19-21-9-6-8-20(3)18-21/h6,8-9,18H,4-5,7,10-17,19H2,1-3H3. The zero-order valence-corrected chi connectivity index (χ0v) is 18.0. The van der Waals surface area contributed by atoms with Crippen LogP contribution in [0.3, 0.4) is 0 Å². The fourth-order valence-electron chi connectivity index (χ4n) is 3.83. The Morgan fingerprint density at radius 2 is 1.68 bits per heavy atom. The third-order valence-electron chi connectivity index (χ3n) is 5.33. The van der Waals surface area contributed by atoms with E-state index in [1.54, 1.807) is 0 Å². The number of hydrogen-bond acceptors (Lipinski definition) is 3. The van der Waals surface area contributed by atoms with Crippen molar-refractivity contribution in [3.8, 4) is 0 Å². The maximum atomic E-state index is 12.5. The zero-order chi connectivity index (χ0) is 20.4. The van der Waals surface area contributed by atoms with Crippen LogP contribution in [0, 0.1) is 6.92 Å². The smallest absolute Gasteiger partial charge is 0.222 e. The molecule has 1 aliphatic rings. The van der Waals surface area contributed by atoms with Crippen LogP contribution in [-0.2, 0) is 16.1 Å². The number of rotatable bonds is 10. The largest absolute Gasteiger partial charge is 0.343 e. The van der Waals surface area contributed by atoms with Gasteiger partial charge in [-0.25, -0.2) is 0 Å². The molecule has 0 saturated carbocycles. The van der Waals surface area contributed by atoms with Gasteiger partial charge in [0.2, 0.25) is 11.8 Å².